The minimum atomic E-state index is -0.324. The number of methoxy groups -OCH3 is 1. The Morgan fingerprint density at radius 1 is 1.06 bits per heavy atom. The number of anilines is 2. The monoisotopic (exact) mass is 428 g/mol. The maximum absolute atomic E-state index is 12.8. The fraction of sp³-hybridized carbons (Fsp3) is 0.200. The van der Waals surface area contributed by atoms with Gasteiger partial charge < -0.3 is 15.4 Å². The molecule has 162 valence electrons. The zero-order chi connectivity index (χ0) is 23.1. The standard InChI is InChI=1S/C25H24N4O3/c1-4-17(13-26)18-6-5-7-19(10-18)24(30)28-20-9-8-16(2)23(12-20)25(31)29-21-11-22(32-3)15-27-14-21/h5-12,14-15,17H,4H2,1-3H3,(H,28,30)(H,29,31). The number of amides is 2. The number of aryl methyl sites for hydroxylation is 1. The number of nitrogens with one attached hydrogen (secondary N) is 2. The Morgan fingerprint density at radius 3 is 2.56 bits per heavy atom. The number of pyridine rings is 1. The number of ether oxygens (including phenoxy) is 1. The van der Waals surface area contributed by atoms with Crippen LogP contribution < -0.4 is 15.4 Å². The van der Waals surface area contributed by atoms with E-state index in [2.05, 4.69) is 21.7 Å². The van der Waals surface area contributed by atoms with Gasteiger partial charge in [0.25, 0.3) is 11.8 Å². The summed E-state index contributed by atoms with van der Waals surface area (Å²) in [6.45, 7) is 3.75. The smallest absolute Gasteiger partial charge is 0.256 e. The average Bonchev–Trinajstić information content (AvgIpc) is 2.81. The Kier molecular flexibility index (Phi) is 7.19. The van der Waals surface area contributed by atoms with Crippen molar-refractivity contribution in [2.45, 2.75) is 26.2 Å². The molecule has 1 atom stereocenters. The second-order valence-electron chi connectivity index (χ2n) is 7.27. The van der Waals surface area contributed by atoms with Crippen molar-refractivity contribution in [1.29, 1.82) is 5.26 Å². The number of aromatic nitrogens is 1. The quantitative estimate of drug-likeness (QED) is 0.556. The molecule has 2 N–H and O–H groups in total. The number of nitriles is 1. The molecule has 1 aromatic heterocycles. The van der Waals surface area contributed by atoms with Gasteiger partial charge in [-0.05, 0) is 48.7 Å². The molecule has 0 aliphatic heterocycles. The van der Waals surface area contributed by atoms with Crippen molar-refractivity contribution in [3.05, 3.63) is 83.2 Å². The van der Waals surface area contributed by atoms with Crippen molar-refractivity contribution >= 4 is 23.2 Å². The predicted molar refractivity (Wildman–Crippen MR) is 123 cm³/mol. The molecule has 0 aliphatic carbocycles. The molecule has 0 fully saturated rings. The van der Waals surface area contributed by atoms with E-state index in [-0.39, 0.29) is 17.7 Å². The van der Waals surface area contributed by atoms with E-state index in [0.29, 0.717) is 34.7 Å². The maximum Gasteiger partial charge on any atom is 0.256 e. The first-order valence-electron chi connectivity index (χ1n) is 10.2. The molecule has 1 unspecified atom stereocenters. The zero-order valence-electron chi connectivity index (χ0n) is 18.2. The van der Waals surface area contributed by atoms with E-state index in [9.17, 15) is 14.9 Å². The van der Waals surface area contributed by atoms with Crippen LogP contribution in [0.2, 0.25) is 0 Å². The van der Waals surface area contributed by atoms with Crippen molar-refractivity contribution in [1.82, 2.24) is 4.98 Å². The highest BCUT2D eigenvalue weighted by Crippen LogP contribution is 2.22. The van der Waals surface area contributed by atoms with Crippen LogP contribution in [0, 0.1) is 18.3 Å². The van der Waals surface area contributed by atoms with Gasteiger partial charge in [0.1, 0.15) is 5.75 Å². The average molecular weight is 428 g/mol. The highest BCUT2D eigenvalue weighted by Gasteiger charge is 2.15. The third kappa shape index (κ3) is 5.29. The Hall–Kier alpha value is -4.18. The second-order valence-corrected chi connectivity index (χ2v) is 7.27. The number of benzene rings is 2. The largest absolute Gasteiger partial charge is 0.495 e. The summed E-state index contributed by atoms with van der Waals surface area (Å²) in [5, 5.41) is 14.9. The van der Waals surface area contributed by atoms with Crippen LogP contribution >= 0.6 is 0 Å². The molecule has 0 saturated heterocycles. The molecule has 32 heavy (non-hydrogen) atoms. The van der Waals surface area contributed by atoms with Crippen LogP contribution in [0.25, 0.3) is 0 Å². The first kappa shape index (κ1) is 22.5. The van der Waals surface area contributed by atoms with E-state index in [4.69, 9.17) is 4.74 Å². The summed E-state index contributed by atoms with van der Waals surface area (Å²) >= 11 is 0. The molecule has 0 saturated carbocycles. The molecule has 2 amide bonds. The molecule has 0 spiro atoms. The zero-order valence-corrected chi connectivity index (χ0v) is 18.2. The molecular weight excluding hydrogens is 404 g/mol. The lowest BCUT2D eigenvalue weighted by Crippen LogP contribution is -2.16. The van der Waals surface area contributed by atoms with Crippen molar-refractivity contribution in [3.63, 3.8) is 0 Å². The van der Waals surface area contributed by atoms with Crippen molar-refractivity contribution < 1.29 is 14.3 Å². The minimum absolute atomic E-state index is 0.261. The number of hydrogen-bond donors (Lipinski definition) is 2. The van der Waals surface area contributed by atoms with Gasteiger partial charge in [0, 0.05) is 22.9 Å². The second kappa shape index (κ2) is 10.2. The summed E-state index contributed by atoms with van der Waals surface area (Å²) in [6, 6.07) is 16.1. The van der Waals surface area contributed by atoms with Crippen LogP contribution in [0.5, 0.6) is 5.75 Å². The summed E-state index contributed by atoms with van der Waals surface area (Å²) in [5.41, 5.74) is 3.44. The van der Waals surface area contributed by atoms with E-state index < -0.39 is 0 Å². The van der Waals surface area contributed by atoms with Gasteiger partial charge in [0.2, 0.25) is 0 Å². The van der Waals surface area contributed by atoms with Crippen LogP contribution in [-0.4, -0.2) is 23.9 Å². The van der Waals surface area contributed by atoms with Crippen molar-refractivity contribution in [2.75, 3.05) is 17.7 Å². The van der Waals surface area contributed by atoms with E-state index in [1.165, 1.54) is 13.3 Å². The summed E-state index contributed by atoms with van der Waals surface area (Å²) in [7, 11) is 1.53. The van der Waals surface area contributed by atoms with Crippen LogP contribution in [0.4, 0.5) is 11.4 Å². The SMILES string of the molecule is CCC(C#N)c1cccc(C(=O)Nc2ccc(C)c(C(=O)Nc3cncc(OC)c3)c2)c1. The normalized spacial score (nSPS) is 11.2. The summed E-state index contributed by atoms with van der Waals surface area (Å²) in [6.07, 6.45) is 3.74. The van der Waals surface area contributed by atoms with Gasteiger partial charge >= 0.3 is 0 Å². The van der Waals surface area contributed by atoms with Gasteiger partial charge in [-0.3, -0.25) is 14.6 Å². The first-order chi connectivity index (χ1) is 15.4. The molecule has 0 radical (unpaired) electrons. The van der Waals surface area contributed by atoms with Gasteiger partial charge in [0.05, 0.1) is 37.2 Å². The van der Waals surface area contributed by atoms with Gasteiger partial charge in [0.15, 0.2) is 0 Å². The fourth-order valence-corrected chi connectivity index (χ4v) is 3.24. The van der Waals surface area contributed by atoms with E-state index in [0.717, 1.165) is 11.1 Å². The molecule has 7 heteroatoms. The van der Waals surface area contributed by atoms with Crippen LogP contribution in [0.1, 0.15) is 51.1 Å². The third-order valence-electron chi connectivity index (χ3n) is 5.06. The van der Waals surface area contributed by atoms with E-state index in [1.807, 2.05) is 19.9 Å². The molecule has 7 nitrogen and oxygen atoms in total. The molecule has 3 aromatic rings. The highest BCUT2D eigenvalue weighted by molar-refractivity contribution is 6.08. The minimum Gasteiger partial charge on any atom is -0.495 e. The number of rotatable bonds is 7. The first-order valence-corrected chi connectivity index (χ1v) is 10.2. The molecule has 3 rings (SSSR count). The topological polar surface area (TPSA) is 104 Å². The maximum atomic E-state index is 12.8. The van der Waals surface area contributed by atoms with Gasteiger partial charge in [-0.25, -0.2) is 0 Å². The summed E-state index contributed by atoms with van der Waals surface area (Å²) in [5.74, 6) is -0.365. The van der Waals surface area contributed by atoms with Crippen LogP contribution in [-0.2, 0) is 0 Å². The van der Waals surface area contributed by atoms with E-state index >= 15 is 0 Å². The lowest BCUT2D eigenvalue weighted by molar-refractivity contribution is 0.101. The lowest BCUT2D eigenvalue weighted by atomic mass is 9.96. The lowest BCUT2D eigenvalue weighted by Gasteiger charge is -2.12. The number of hydrogen-bond acceptors (Lipinski definition) is 5. The molecule has 0 aliphatic rings. The highest BCUT2D eigenvalue weighted by atomic mass is 16.5. The number of carbonyl (C=O) groups is 2. The van der Waals surface area contributed by atoms with Gasteiger partial charge in [-0.1, -0.05) is 25.1 Å². The predicted octanol–water partition coefficient (Wildman–Crippen LogP) is 4.92. The van der Waals surface area contributed by atoms with Crippen molar-refractivity contribution in [3.8, 4) is 11.8 Å². The van der Waals surface area contributed by atoms with E-state index in [1.54, 1.807) is 48.7 Å². The van der Waals surface area contributed by atoms with Crippen molar-refractivity contribution in [2.24, 2.45) is 0 Å². The summed E-state index contributed by atoms with van der Waals surface area (Å²) in [4.78, 5) is 29.6. The molecule has 1 heterocycles. The Morgan fingerprint density at radius 2 is 1.84 bits per heavy atom. The Balaban J connectivity index is 1.78. The Labute approximate surface area is 187 Å². The van der Waals surface area contributed by atoms with Gasteiger partial charge in [-0.2, -0.15) is 5.26 Å². The third-order valence-corrected chi connectivity index (χ3v) is 5.06. The summed E-state index contributed by atoms with van der Waals surface area (Å²) < 4.78 is 5.13. The molecule has 0 bridgehead atoms. The number of carbonyl (C=O) groups excluding carboxylic acids is 2. The fourth-order valence-electron chi connectivity index (χ4n) is 3.24. The molecule has 2 aromatic carbocycles. The van der Waals surface area contributed by atoms with Crippen LogP contribution in [0.3, 0.4) is 0 Å². The van der Waals surface area contributed by atoms with Gasteiger partial charge in [-0.15, -0.1) is 0 Å². The van der Waals surface area contributed by atoms with Crippen LogP contribution in [0.15, 0.2) is 60.9 Å². The number of nitrogens with zero attached hydrogens (tertiary/aromatic N) is 2. The Bertz CT molecular complexity index is 1180. The molecular formula is C25H24N4O3.